The molecule has 1 aromatic carbocycles. The second-order valence-electron chi connectivity index (χ2n) is 4.74. The second kappa shape index (κ2) is 5.69. The average molecular weight is 293 g/mol. The van der Waals surface area contributed by atoms with E-state index in [0.717, 1.165) is 11.1 Å². The molecule has 0 aliphatic rings. The van der Waals surface area contributed by atoms with Crippen LogP contribution in [0.4, 0.5) is 5.82 Å². The Bertz CT molecular complexity index is 810. The minimum atomic E-state index is -0.506. The molecule has 0 aliphatic carbocycles. The fraction of sp³-hybridized carbons (Fsp3) is 0.0625. The Hall–Kier alpha value is -3.15. The lowest BCUT2D eigenvalue weighted by Gasteiger charge is -2.00. The van der Waals surface area contributed by atoms with E-state index < -0.39 is 5.91 Å². The zero-order chi connectivity index (χ0) is 15.5. The fourth-order valence-electron chi connectivity index (χ4n) is 2.27. The first-order valence-corrected chi connectivity index (χ1v) is 6.77. The number of H-pyrrole nitrogens is 1. The summed E-state index contributed by atoms with van der Waals surface area (Å²) in [6.07, 6.45) is 1.47. The number of rotatable bonds is 4. The number of aromatic amines is 1. The van der Waals surface area contributed by atoms with Crippen LogP contribution in [-0.4, -0.2) is 27.9 Å². The van der Waals surface area contributed by atoms with Crippen molar-refractivity contribution in [3.05, 3.63) is 54.5 Å². The third kappa shape index (κ3) is 2.54. The third-order valence-corrected chi connectivity index (χ3v) is 3.35. The van der Waals surface area contributed by atoms with Crippen molar-refractivity contribution in [2.75, 3.05) is 12.4 Å². The number of nitrogens with zero attached hydrogens (tertiary/aromatic N) is 2. The van der Waals surface area contributed by atoms with Gasteiger partial charge in [-0.3, -0.25) is 4.79 Å². The number of hydrogen-bond donors (Lipinski definition) is 3. The summed E-state index contributed by atoms with van der Waals surface area (Å²) in [6, 6.07) is 13.3. The van der Waals surface area contributed by atoms with Crippen LogP contribution in [0.25, 0.3) is 22.5 Å². The average Bonchev–Trinajstić information content (AvgIpc) is 3.01. The molecule has 0 bridgehead atoms. The number of nitrogens with two attached hydrogens (primary N) is 1. The molecule has 22 heavy (non-hydrogen) atoms. The van der Waals surface area contributed by atoms with Gasteiger partial charge < -0.3 is 16.0 Å². The lowest BCUT2D eigenvalue weighted by Crippen LogP contribution is -2.12. The molecule has 3 aromatic rings. The third-order valence-electron chi connectivity index (χ3n) is 3.35. The van der Waals surface area contributed by atoms with Gasteiger partial charge in [0.2, 0.25) is 0 Å². The van der Waals surface area contributed by atoms with Gasteiger partial charge in [0.25, 0.3) is 5.91 Å². The Labute approximate surface area is 127 Å². The summed E-state index contributed by atoms with van der Waals surface area (Å²) in [5.41, 5.74) is 8.92. The highest BCUT2D eigenvalue weighted by atomic mass is 16.1. The van der Waals surface area contributed by atoms with Gasteiger partial charge in [-0.2, -0.15) is 0 Å². The van der Waals surface area contributed by atoms with Crippen LogP contribution in [0.15, 0.2) is 48.8 Å². The zero-order valence-corrected chi connectivity index (χ0v) is 12.0. The molecule has 0 aliphatic heterocycles. The number of amides is 1. The zero-order valence-electron chi connectivity index (χ0n) is 12.0. The van der Waals surface area contributed by atoms with Gasteiger partial charge in [-0.25, -0.2) is 9.97 Å². The van der Waals surface area contributed by atoms with Crippen LogP contribution in [-0.2, 0) is 0 Å². The summed E-state index contributed by atoms with van der Waals surface area (Å²) in [4.78, 5) is 23.1. The summed E-state index contributed by atoms with van der Waals surface area (Å²) < 4.78 is 0. The summed E-state index contributed by atoms with van der Waals surface area (Å²) >= 11 is 0. The van der Waals surface area contributed by atoms with Gasteiger partial charge in [0.1, 0.15) is 17.8 Å². The molecule has 0 spiro atoms. The lowest BCUT2D eigenvalue weighted by molar-refractivity contribution is 0.0997. The number of carbonyl (C=O) groups is 1. The van der Waals surface area contributed by atoms with Crippen LogP contribution in [0, 0.1) is 0 Å². The maximum atomic E-state index is 11.7. The van der Waals surface area contributed by atoms with E-state index in [9.17, 15) is 4.79 Å². The highest BCUT2D eigenvalue weighted by Crippen LogP contribution is 2.29. The van der Waals surface area contributed by atoms with Crippen molar-refractivity contribution in [3.8, 4) is 22.5 Å². The molecule has 110 valence electrons. The minimum Gasteiger partial charge on any atom is -0.373 e. The van der Waals surface area contributed by atoms with Crippen LogP contribution < -0.4 is 11.1 Å². The Balaban J connectivity index is 2.13. The second-order valence-corrected chi connectivity index (χ2v) is 4.74. The van der Waals surface area contributed by atoms with Gasteiger partial charge in [0.15, 0.2) is 0 Å². The molecule has 4 N–H and O–H groups in total. The minimum absolute atomic E-state index is 0.366. The maximum absolute atomic E-state index is 11.7. The topological polar surface area (TPSA) is 96.7 Å². The first-order valence-electron chi connectivity index (χ1n) is 6.77. The number of carbonyl (C=O) groups excluding carboxylic acids is 1. The van der Waals surface area contributed by atoms with Crippen LogP contribution in [0.1, 0.15) is 10.5 Å². The van der Waals surface area contributed by atoms with E-state index in [4.69, 9.17) is 5.73 Å². The monoisotopic (exact) mass is 293 g/mol. The summed E-state index contributed by atoms with van der Waals surface area (Å²) in [6.45, 7) is 0. The number of anilines is 1. The van der Waals surface area contributed by atoms with Crippen LogP contribution >= 0.6 is 0 Å². The van der Waals surface area contributed by atoms with Crippen molar-refractivity contribution in [1.82, 2.24) is 15.0 Å². The number of hydrogen-bond acceptors (Lipinski definition) is 4. The molecule has 0 atom stereocenters. The molecule has 3 rings (SSSR count). The predicted molar refractivity (Wildman–Crippen MR) is 85.3 cm³/mol. The molecule has 1 amide bonds. The van der Waals surface area contributed by atoms with E-state index >= 15 is 0 Å². The molecule has 0 fully saturated rings. The number of nitrogens with one attached hydrogen (secondary N) is 2. The van der Waals surface area contributed by atoms with Crippen molar-refractivity contribution in [2.45, 2.75) is 0 Å². The molecule has 2 aromatic heterocycles. The molecule has 0 radical (unpaired) electrons. The summed E-state index contributed by atoms with van der Waals surface area (Å²) in [7, 11) is 1.78. The molecule has 6 heteroatoms. The summed E-state index contributed by atoms with van der Waals surface area (Å²) in [5, 5.41) is 2.96. The standard InChI is InChI=1S/C16H15N5O/c1-18-14-8-12(19-9-20-14)13-7-11(15(21-13)16(17)22)10-5-3-2-4-6-10/h2-9,21H,1H3,(H2,17,22)(H,18,19,20). The normalized spacial score (nSPS) is 10.4. The van der Waals surface area contributed by atoms with Crippen molar-refractivity contribution in [3.63, 3.8) is 0 Å². The van der Waals surface area contributed by atoms with Crippen molar-refractivity contribution >= 4 is 11.7 Å². The van der Waals surface area contributed by atoms with E-state index in [-0.39, 0.29) is 0 Å². The maximum Gasteiger partial charge on any atom is 0.265 e. The first-order chi connectivity index (χ1) is 10.7. The van der Waals surface area contributed by atoms with E-state index in [1.54, 1.807) is 13.1 Å². The fourth-order valence-corrected chi connectivity index (χ4v) is 2.27. The van der Waals surface area contributed by atoms with E-state index in [1.807, 2.05) is 36.4 Å². The SMILES string of the molecule is CNc1cc(-c2cc(-c3ccccc3)c(C(N)=O)[nH]2)ncn1. The number of benzene rings is 1. The van der Waals surface area contributed by atoms with E-state index in [1.165, 1.54) is 6.33 Å². The molecule has 0 saturated heterocycles. The summed E-state index contributed by atoms with van der Waals surface area (Å²) in [5.74, 6) is 0.189. The molecule has 2 heterocycles. The molecular formula is C16H15N5O. The van der Waals surface area contributed by atoms with Crippen LogP contribution in [0.3, 0.4) is 0 Å². The number of primary amides is 1. The van der Waals surface area contributed by atoms with Crippen molar-refractivity contribution in [2.24, 2.45) is 5.73 Å². The predicted octanol–water partition coefficient (Wildman–Crippen LogP) is 2.28. The van der Waals surface area contributed by atoms with Crippen LogP contribution in [0.2, 0.25) is 0 Å². The number of aromatic nitrogens is 3. The Morgan fingerprint density at radius 3 is 2.64 bits per heavy atom. The lowest BCUT2D eigenvalue weighted by atomic mass is 10.1. The Kier molecular flexibility index (Phi) is 3.57. The molecular weight excluding hydrogens is 278 g/mol. The van der Waals surface area contributed by atoms with Gasteiger partial charge in [0.05, 0.1) is 11.4 Å². The largest absolute Gasteiger partial charge is 0.373 e. The molecule has 0 unspecified atom stereocenters. The smallest absolute Gasteiger partial charge is 0.265 e. The van der Waals surface area contributed by atoms with Gasteiger partial charge in [-0.15, -0.1) is 0 Å². The van der Waals surface area contributed by atoms with Crippen molar-refractivity contribution < 1.29 is 4.79 Å². The molecule has 6 nitrogen and oxygen atoms in total. The Morgan fingerprint density at radius 2 is 1.95 bits per heavy atom. The van der Waals surface area contributed by atoms with Gasteiger partial charge in [-0.1, -0.05) is 30.3 Å². The van der Waals surface area contributed by atoms with Gasteiger partial charge in [-0.05, 0) is 11.6 Å². The quantitative estimate of drug-likeness (QED) is 0.687. The van der Waals surface area contributed by atoms with Gasteiger partial charge >= 0.3 is 0 Å². The van der Waals surface area contributed by atoms with E-state index in [2.05, 4.69) is 20.3 Å². The van der Waals surface area contributed by atoms with Crippen molar-refractivity contribution in [1.29, 1.82) is 0 Å². The molecule has 0 saturated carbocycles. The highest BCUT2D eigenvalue weighted by Gasteiger charge is 2.16. The van der Waals surface area contributed by atoms with Gasteiger partial charge in [0, 0.05) is 18.7 Å². The highest BCUT2D eigenvalue weighted by molar-refractivity contribution is 5.99. The van der Waals surface area contributed by atoms with E-state index in [0.29, 0.717) is 22.9 Å². The first kappa shape index (κ1) is 13.8. The Morgan fingerprint density at radius 1 is 1.18 bits per heavy atom. The van der Waals surface area contributed by atoms with Crippen LogP contribution in [0.5, 0.6) is 0 Å².